The number of aryl methyl sites for hydroxylation is 1. The number of nitrogens with one attached hydrogen (secondary N) is 1. The Hall–Kier alpha value is -2.01. The van der Waals surface area contributed by atoms with E-state index in [1.807, 2.05) is 38.2 Å². The van der Waals surface area contributed by atoms with Gasteiger partial charge in [-0.1, -0.05) is 6.07 Å². The first kappa shape index (κ1) is 15.4. The Bertz CT molecular complexity index is 619. The van der Waals surface area contributed by atoms with E-state index in [0.717, 1.165) is 23.1 Å². The van der Waals surface area contributed by atoms with Gasteiger partial charge in [-0.25, -0.2) is 4.79 Å². The zero-order valence-corrected chi connectivity index (χ0v) is 12.8. The highest BCUT2D eigenvalue weighted by atomic mass is 16.3. The molecule has 0 aliphatic carbocycles. The minimum Gasteiger partial charge on any atom is -0.395 e. The number of carbonyl (C=O) groups excluding carboxylic acids is 1. The molecule has 0 unspecified atom stereocenters. The highest BCUT2D eigenvalue weighted by Gasteiger charge is 2.16. The van der Waals surface area contributed by atoms with Crippen molar-refractivity contribution in [2.75, 3.05) is 18.5 Å². The molecule has 0 saturated heterocycles. The number of aliphatic hydroxyl groups excluding tert-OH is 1. The third-order valence-electron chi connectivity index (χ3n) is 3.59. The Balaban J connectivity index is 2.20. The van der Waals surface area contributed by atoms with Crippen LogP contribution in [-0.2, 0) is 6.54 Å². The second kappa shape index (κ2) is 6.63. The number of aromatic nitrogens is 1. The summed E-state index contributed by atoms with van der Waals surface area (Å²) < 4.78 is 2.14. The van der Waals surface area contributed by atoms with E-state index in [9.17, 15) is 4.79 Å². The average molecular weight is 289 g/mol. The second-order valence-electron chi connectivity index (χ2n) is 5.32. The lowest BCUT2D eigenvalue weighted by Crippen LogP contribution is -2.41. The summed E-state index contributed by atoms with van der Waals surface area (Å²) in [7, 11) is 0. The Morgan fingerprint density at radius 2 is 2.14 bits per heavy atom. The fraction of sp³-hybridized carbons (Fsp3) is 0.438. The fourth-order valence-corrected chi connectivity index (χ4v) is 2.43. The molecule has 1 heterocycles. The molecule has 2 amide bonds. The highest BCUT2D eigenvalue weighted by molar-refractivity contribution is 5.93. The topological polar surface area (TPSA) is 57.5 Å². The van der Waals surface area contributed by atoms with Crippen LogP contribution >= 0.6 is 0 Å². The van der Waals surface area contributed by atoms with E-state index in [4.69, 9.17) is 5.11 Å². The largest absolute Gasteiger partial charge is 0.395 e. The van der Waals surface area contributed by atoms with Gasteiger partial charge >= 0.3 is 6.03 Å². The van der Waals surface area contributed by atoms with Gasteiger partial charge in [-0.3, -0.25) is 0 Å². The lowest BCUT2D eigenvalue weighted by atomic mass is 10.2. The molecule has 21 heavy (non-hydrogen) atoms. The summed E-state index contributed by atoms with van der Waals surface area (Å²) in [5.74, 6) is 0. The van der Waals surface area contributed by atoms with Crippen molar-refractivity contribution in [3.63, 3.8) is 0 Å². The third-order valence-corrected chi connectivity index (χ3v) is 3.59. The Morgan fingerprint density at radius 3 is 2.76 bits per heavy atom. The van der Waals surface area contributed by atoms with Gasteiger partial charge in [-0.2, -0.15) is 0 Å². The number of aliphatic hydroxyl groups is 1. The molecule has 0 atom stereocenters. The van der Waals surface area contributed by atoms with Crippen molar-refractivity contribution in [3.05, 3.63) is 30.5 Å². The minimum atomic E-state index is -0.187. The van der Waals surface area contributed by atoms with E-state index in [0.29, 0.717) is 6.54 Å². The molecular weight excluding hydrogens is 266 g/mol. The molecule has 1 aromatic carbocycles. The predicted molar refractivity (Wildman–Crippen MR) is 85.6 cm³/mol. The van der Waals surface area contributed by atoms with Gasteiger partial charge in [0, 0.05) is 31.0 Å². The number of fused-ring (bicyclic) bond motifs is 1. The van der Waals surface area contributed by atoms with Crippen LogP contribution in [0, 0.1) is 0 Å². The molecule has 0 spiro atoms. The van der Waals surface area contributed by atoms with Crippen LogP contribution in [0.25, 0.3) is 10.9 Å². The van der Waals surface area contributed by atoms with Gasteiger partial charge in [0.25, 0.3) is 0 Å². The lowest BCUT2D eigenvalue weighted by Gasteiger charge is -2.26. The summed E-state index contributed by atoms with van der Waals surface area (Å²) in [6, 6.07) is 7.80. The molecule has 5 heteroatoms. The van der Waals surface area contributed by atoms with Gasteiger partial charge < -0.3 is 19.9 Å². The summed E-state index contributed by atoms with van der Waals surface area (Å²) in [6.45, 7) is 7.14. The molecule has 2 aromatic rings. The van der Waals surface area contributed by atoms with Crippen molar-refractivity contribution in [1.82, 2.24) is 9.47 Å². The summed E-state index contributed by atoms with van der Waals surface area (Å²) in [5.41, 5.74) is 1.87. The summed E-state index contributed by atoms with van der Waals surface area (Å²) in [6.07, 6.45) is 2.04. The normalized spacial score (nSPS) is 11.1. The van der Waals surface area contributed by atoms with Crippen molar-refractivity contribution in [2.24, 2.45) is 0 Å². The van der Waals surface area contributed by atoms with Crippen molar-refractivity contribution in [3.8, 4) is 0 Å². The molecule has 0 aliphatic heterocycles. The van der Waals surface area contributed by atoms with E-state index in [2.05, 4.69) is 22.9 Å². The summed E-state index contributed by atoms with van der Waals surface area (Å²) in [4.78, 5) is 13.9. The summed E-state index contributed by atoms with van der Waals surface area (Å²) >= 11 is 0. The van der Waals surface area contributed by atoms with Crippen LogP contribution in [0.1, 0.15) is 20.8 Å². The van der Waals surface area contributed by atoms with Gasteiger partial charge in [-0.05, 0) is 44.4 Å². The number of urea groups is 1. The molecule has 0 radical (unpaired) electrons. The first-order chi connectivity index (χ1) is 10.1. The smallest absolute Gasteiger partial charge is 0.322 e. The van der Waals surface area contributed by atoms with Crippen molar-refractivity contribution < 1.29 is 9.90 Å². The molecule has 1 aromatic heterocycles. The first-order valence-corrected chi connectivity index (χ1v) is 7.34. The van der Waals surface area contributed by atoms with Gasteiger partial charge in [-0.15, -0.1) is 0 Å². The zero-order chi connectivity index (χ0) is 15.4. The molecule has 2 N–H and O–H groups in total. The van der Waals surface area contributed by atoms with Crippen LogP contribution in [0.5, 0.6) is 0 Å². The van der Waals surface area contributed by atoms with Gasteiger partial charge in [0.2, 0.25) is 0 Å². The molecule has 0 saturated carbocycles. The second-order valence-corrected chi connectivity index (χ2v) is 5.32. The van der Waals surface area contributed by atoms with Crippen LogP contribution in [0.3, 0.4) is 0 Å². The van der Waals surface area contributed by atoms with Crippen molar-refractivity contribution >= 4 is 22.6 Å². The van der Waals surface area contributed by atoms with E-state index in [1.165, 1.54) is 0 Å². The maximum atomic E-state index is 12.3. The minimum absolute atomic E-state index is 0.0384. The predicted octanol–water partition coefficient (Wildman–Crippen LogP) is 2.90. The molecule has 2 rings (SSSR count). The van der Waals surface area contributed by atoms with E-state index in [-0.39, 0.29) is 18.7 Å². The number of carbonyl (C=O) groups is 1. The highest BCUT2D eigenvalue weighted by Crippen LogP contribution is 2.21. The number of amides is 2. The van der Waals surface area contributed by atoms with E-state index < -0.39 is 0 Å². The van der Waals surface area contributed by atoms with Crippen molar-refractivity contribution in [2.45, 2.75) is 33.4 Å². The molecule has 114 valence electrons. The third kappa shape index (κ3) is 3.36. The number of hydrogen-bond donors (Lipinski definition) is 2. The van der Waals surface area contributed by atoms with Crippen LogP contribution in [0.4, 0.5) is 10.5 Å². The average Bonchev–Trinajstić information content (AvgIpc) is 2.86. The molecule has 0 bridgehead atoms. The quantitative estimate of drug-likeness (QED) is 0.889. The monoisotopic (exact) mass is 289 g/mol. The van der Waals surface area contributed by atoms with Gasteiger partial charge in [0.05, 0.1) is 12.1 Å². The number of hydrogen-bond acceptors (Lipinski definition) is 2. The van der Waals surface area contributed by atoms with Crippen molar-refractivity contribution in [1.29, 1.82) is 0 Å². The molecule has 0 fully saturated rings. The standard InChI is InChI=1S/C16H23N3O2/c1-4-18-8-7-13-5-6-14(11-15(13)18)17-16(21)19(9-10-20)12(2)3/h5-8,11-12,20H,4,9-10H2,1-3H3,(H,17,21). The zero-order valence-electron chi connectivity index (χ0n) is 12.8. The number of rotatable bonds is 5. The Labute approximate surface area is 125 Å². The number of benzene rings is 1. The molecule has 5 nitrogen and oxygen atoms in total. The van der Waals surface area contributed by atoms with E-state index >= 15 is 0 Å². The Morgan fingerprint density at radius 1 is 1.38 bits per heavy atom. The number of nitrogens with zero attached hydrogens (tertiary/aromatic N) is 2. The first-order valence-electron chi connectivity index (χ1n) is 7.34. The van der Waals surface area contributed by atoms with E-state index in [1.54, 1.807) is 4.90 Å². The van der Waals surface area contributed by atoms with Crippen LogP contribution in [-0.4, -0.2) is 39.8 Å². The molecular formula is C16H23N3O2. The van der Waals surface area contributed by atoms with Gasteiger partial charge in [0.1, 0.15) is 0 Å². The van der Waals surface area contributed by atoms with Crippen LogP contribution < -0.4 is 5.32 Å². The van der Waals surface area contributed by atoms with Crippen LogP contribution in [0.15, 0.2) is 30.5 Å². The maximum absolute atomic E-state index is 12.3. The maximum Gasteiger partial charge on any atom is 0.322 e. The lowest BCUT2D eigenvalue weighted by molar-refractivity contribution is 0.172. The Kier molecular flexibility index (Phi) is 4.85. The molecule has 0 aliphatic rings. The van der Waals surface area contributed by atoms with Crippen LogP contribution in [0.2, 0.25) is 0 Å². The fourth-order valence-electron chi connectivity index (χ4n) is 2.43. The summed E-state index contributed by atoms with van der Waals surface area (Å²) in [5, 5.41) is 13.1. The van der Waals surface area contributed by atoms with Gasteiger partial charge in [0.15, 0.2) is 0 Å². The SMILES string of the molecule is CCn1ccc2ccc(NC(=O)N(CCO)C(C)C)cc21. The number of anilines is 1.